The van der Waals surface area contributed by atoms with Crippen molar-refractivity contribution in [1.29, 1.82) is 0 Å². The molecule has 17 heavy (non-hydrogen) atoms. The summed E-state index contributed by atoms with van der Waals surface area (Å²) in [7, 11) is 0. The Hall–Kier alpha value is -0.940. The molecular weight excluding hydrogens is 216 g/mol. The molecule has 0 saturated carbocycles. The van der Waals surface area contributed by atoms with Crippen molar-refractivity contribution in [2.45, 2.75) is 51.7 Å². The average molecular weight is 238 g/mol. The van der Waals surface area contributed by atoms with E-state index in [0.717, 1.165) is 38.4 Å². The lowest BCUT2D eigenvalue weighted by molar-refractivity contribution is 0.0441. The van der Waals surface area contributed by atoms with E-state index < -0.39 is 0 Å². The molecule has 0 spiro atoms. The van der Waals surface area contributed by atoms with E-state index in [9.17, 15) is 0 Å². The number of nitrogens with one attached hydrogen (secondary N) is 1. The fraction of sp³-hybridized carbons (Fsp3) is 0.833. The normalized spacial score (nSPS) is 19.8. The van der Waals surface area contributed by atoms with Crippen LogP contribution in [0.1, 0.15) is 45.5 Å². The Bertz CT molecular complexity index is 355. The summed E-state index contributed by atoms with van der Waals surface area (Å²) in [5.41, 5.74) is 0.173. The van der Waals surface area contributed by atoms with Crippen molar-refractivity contribution in [2.75, 3.05) is 13.2 Å². The lowest BCUT2D eigenvalue weighted by atomic mass is 9.92. The average Bonchev–Trinajstić information content (AvgIpc) is 2.76. The van der Waals surface area contributed by atoms with E-state index in [4.69, 9.17) is 4.74 Å². The molecule has 2 rings (SSSR count). The zero-order valence-electron chi connectivity index (χ0n) is 10.9. The van der Waals surface area contributed by atoms with Gasteiger partial charge in [0, 0.05) is 24.8 Å². The summed E-state index contributed by atoms with van der Waals surface area (Å²) < 4.78 is 7.36. The molecule has 5 heteroatoms. The van der Waals surface area contributed by atoms with E-state index in [1.807, 2.05) is 4.68 Å². The monoisotopic (exact) mass is 238 g/mol. The Labute approximate surface area is 103 Å². The molecule has 0 radical (unpaired) electrons. The third-order valence-electron chi connectivity index (χ3n) is 3.41. The molecule has 1 aromatic rings. The van der Waals surface area contributed by atoms with Crippen LogP contribution < -0.4 is 5.32 Å². The van der Waals surface area contributed by atoms with Gasteiger partial charge in [-0.25, -0.2) is 9.67 Å². The second-order valence-electron chi connectivity index (χ2n) is 5.24. The summed E-state index contributed by atoms with van der Waals surface area (Å²) >= 11 is 0. The number of nitrogens with zero attached hydrogens (tertiary/aromatic N) is 3. The number of ether oxygens (including phenoxy) is 1. The van der Waals surface area contributed by atoms with E-state index in [-0.39, 0.29) is 5.54 Å². The first kappa shape index (κ1) is 12.5. The molecular formula is C12H22N4O. The van der Waals surface area contributed by atoms with Crippen LogP contribution in [0.5, 0.6) is 0 Å². The van der Waals surface area contributed by atoms with Crippen LogP contribution in [0.3, 0.4) is 0 Å². The zero-order chi connectivity index (χ0) is 12.3. The van der Waals surface area contributed by atoms with Gasteiger partial charge in [0.1, 0.15) is 12.2 Å². The van der Waals surface area contributed by atoms with E-state index in [1.165, 1.54) is 0 Å². The maximum Gasteiger partial charge on any atom is 0.141 e. The summed E-state index contributed by atoms with van der Waals surface area (Å²) in [6, 6.07) is 0.358. The van der Waals surface area contributed by atoms with Crippen molar-refractivity contribution in [3.05, 3.63) is 12.2 Å². The highest BCUT2D eigenvalue weighted by molar-refractivity contribution is 4.91. The van der Waals surface area contributed by atoms with Crippen LogP contribution in [0, 0.1) is 0 Å². The molecule has 1 aliphatic rings. The SMILES string of the molecule is CC(C)n1ncnc1CNC1(C)CCOCC1. The number of hydrogen-bond acceptors (Lipinski definition) is 4. The van der Waals surface area contributed by atoms with Crippen molar-refractivity contribution in [1.82, 2.24) is 20.1 Å². The Morgan fingerprint density at radius 3 is 2.82 bits per heavy atom. The molecule has 1 aromatic heterocycles. The van der Waals surface area contributed by atoms with Gasteiger partial charge in [0.25, 0.3) is 0 Å². The van der Waals surface area contributed by atoms with Gasteiger partial charge in [0.15, 0.2) is 0 Å². The van der Waals surface area contributed by atoms with Gasteiger partial charge in [-0.2, -0.15) is 5.10 Å². The van der Waals surface area contributed by atoms with Gasteiger partial charge in [0.05, 0.1) is 6.54 Å². The van der Waals surface area contributed by atoms with Gasteiger partial charge in [-0.1, -0.05) is 0 Å². The van der Waals surface area contributed by atoms with E-state index in [0.29, 0.717) is 6.04 Å². The second kappa shape index (κ2) is 5.14. The summed E-state index contributed by atoms with van der Waals surface area (Å²) in [5, 5.41) is 7.84. The number of rotatable bonds is 4. The van der Waals surface area contributed by atoms with Crippen LogP contribution in [-0.4, -0.2) is 33.5 Å². The Morgan fingerprint density at radius 1 is 1.47 bits per heavy atom. The van der Waals surface area contributed by atoms with Crippen LogP contribution in [0.25, 0.3) is 0 Å². The van der Waals surface area contributed by atoms with Crippen LogP contribution >= 0.6 is 0 Å². The minimum Gasteiger partial charge on any atom is -0.381 e. The smallest absolute Gasteiger partial charge is 0.141 e. The van der Waals surface area contributed by atoms with Crippen molar-refractivity contribution < 1.29 is 4.74 Å². The maximum absolute atomic E-state index is 5.39. The van der Waals surface area contributed by atoms with E-state index in [2.05, 4.69) is 36.2 Å². The molecule has 0 bridgehead atoms. The van der Waals surface area contributed by atoms with Crippen LogP contribution in [0.15, 0.2) is 6.33 Å². The lowest BCUT2D eigenvalue weighted by Crippen LogP contribution is -2.46. The number of hydrogen-bond donors (Lipinski definition) is 1. The van der Waals surface area contributed by atoms with Gasteiger partial charge >= 0.3 is 0 Å². The van der Waals surface area contributed by atoms with E-state index >= 15 is 0 Å². The van der Waals surface area contributed by atoms with Gasteiger partial charge in [-0.3, -0.25) is 0 Å². The fourth-order valence-corrected chi connectivity index (χ4v) is 2.12. The fourth-order valence-electron chi connectivity index (χ4n) is 2.12. The van der Waals surface area contributed by atoms with Crippen molar-refractivity contribution in [3.8, 4) is 0 Å². The molecule has 1 fully saturated rings. The quantitative estimate of drug-likeness (QED) is 0.864. The molecule has 1 N–H and O–H groups in total. The Morgan fingerprint density at radius 2 is 2.18 bits per heavy atom. The van der Waals surface area contributed by atoms with Crippen LogP contribution in [0.4, 0.5) is 0 Å². The van der Waals surface area contributed by atoms with Crippen LogP contribution in [0.2, 0.25) is 0 Å². The van der Waals surface area contributed by atoms with Gasteiger partial charge < -0.3 is 10.1 Å². The van der Waals surface area contributed by atoms with Gasteiger partial charge in [-0.05, 0) is 33.6 Å². The molecule has 0 unspecified atom stereocenters. The third-order valence-corrected chi connectivity index (χ3v) is 3.41. The largest absolute Gasteiger partial charge is 0.381 e. The highest BCUT2D eigenvalue weighted by Crippen LogP contribution is 2.20. The predicted octanol–water partition coefficient (Wildman–Crippen LogP) is 1.52. The molecule has 5 nitrogen and oxygen atoms in total. The van der Waals surface area contributed by atoms with Gasteiger partial charge in [-0.15, -0.1) is 0 Å². The zero-order valence-corrected chi connectivity index (χ0v) is 10.9. The predicted molar refractivity (Wildman–Crippen MR) is 65.7 cm³/mol. The maximum atomic E-state index is 5.39. The molecule has 0 atom stereocenters. The molecule has 0 aliphatic carbocycles. The first-order chi connectivity index (χ1) is 8.11. The second-order valence-corrected chi connectivity index (χ2v) is 5.24. The number of aromatic nitrogens is 3. The van der Waals surface area contributed by atoms with E-state index in [1.54, 1.807) is 6.33 Å². The van der Waals surface area contributed by atoms with Crippen molar-refractivity contribution in [2.24, 2.45) is 0 Å². The molecule has 0 amide bonds. The van der Waals surface area contributed by atoms with Crippen molar-refractivity contribution >= 4 is 0 Å². The molecule has 0 aromatic carbocycles. The van der Waals surface area contributed by atoms with Crippen LogP contribution in [-0.2, 0) is 11.3 Å². The summed E-state index contributed by atoms with van der Waals surface area (Å²) in [5.74, 6) is 1.01. The molecule has 1 aliphatic heterocycles. The lowest BCUT2D eigenvalue weighted by Gasteiger charge is -2.34. The minimum absolute atomic E-state index is 0.173. The molecule has 1 saturated heterocycles. The first-order valence-corrected chi connectivity index (χ1v) is 6.32. The Kier molecular flexibility index (Phi) is 3.79. The molecule has 2 heterocycles. The summed E-state index contributed by atoms with van der Waals surface area (Å²) in [6.07, 6.45) is 3.74. The minimum atomic E-state index is 0.173. The van der Waals surface area contributed by atoms with Crippen molar-refractivity contribution in [3.63, 3.8) is 0 Å². The molecule has 96 valence electrons. The summed E-state index contributed by atoms with van der Waals surface area (Å²) in [6.45, 7) is 8.96. The van der Waals surface area contributed by atoms with Gasteiger partial charge in [0.2, 0.25) is 0 Å². The topological polar surface area (TPSA) is 52.0 Å². The highest BCUT2D eigenvalue weighted by Gasteiger charge is 2.27. The first-order valence-electron chi connectivity index (χ1n) is 6.32. The Balaban J connectivity index is 1.94. The highest BCUT2D eigenvalue weighted by atomic mass is 16.5. The summed E-state index contributed by atoms with van der Waals surface area (Å²) in [4.78, 5) is 4.31. The standard InChI is InChI=1S/C12H22N4O/c1-10(2)16-11(13-9-15-16)8-14-12(3)4-6-17-7-5-12/h9-10,14H,4-8H2,1-3H3. The third kappa shape index (κ3) is 3.04.